The van der Waals surface area contributed by atoms with E-state index >= 15 is 0 Å². The molecule has 0 saturated heterocycles. The highest BCUT2D eigenvalue weighted by Gasteiger charge is 2.30. The molecule has 0 fully saturated rings. The molecule has 0 N–H and O–H groups in total. The molecule has 4 nitrogen and oxygen atoms in total. The SMILES string of the molecule is O=CC(C(=O)CCl)C(=O)OC(c1ccccc1)c1ccccc1. The summed E-state index contributed by atoms with van der Waals surface area (Å²) in [6.45, 7) is 0. The van der Waals surface area contributed by atoms with Gasteiger partial charge in [0.1, 0.15) is 6.29 Å². The zero-order chi connectivity index (χ0) is 16.7. The van der Waals surface area contributed by atoms with Gasteiger partial charge in [-0.2, -0.15) is 0 Å². The molecular weight excluding hydrogens is 316 g/mol. The van der Waals surface area contributed by atoms with Crippen LogP contribution < -0.4 is 0 Å². The number of carbonyl (C=O) groups excluding carboxylic acids is 3. The molecule has 0 bridgehead atoms. The minimum Gasteiger partial charge on any atom is -0.452 e. The minimum atomic E-state index is -1.50. The van der Waals surface area contributed by atoms with Crippen molar-refractivity contribution in [1.29, 1.82) is 0 Å². The zero-order valence-electron chi connectivity index (χ0n) is 12.2. The molecule has 2 aromatic carbocycles. The molecule has 1 atom stereocenters. The Balaban J connectivity index is 2.30. The Morgan fingerprint density at radius 3 is 1.83 bits per heavy atom. The second-order valence-corrected chi connectivity index (χ2v) is 5.12. The Morgan fingerprint density at radius 1 is 0.957 bits per heavy atom. The molecule has 118 valence electrons. The van der Waals surface area contributed by atoms with Gasteiger partial charge in [-0.05, 0) is 11.1 Å². The average Bonchev–Trinajstić information content (AvgIpc) is 2.61. The van der Waals surface area contributed by atoms with Crippen LogP contribution in [0.15, 0.2) is 60.7 Å². The first-order valence-electron chi connectivity index (χ1n) is 7.01. The van der Waals surface area contributed by atoms with Gasteiger partial charge in [0.15, 0.2) is 17.8 Å². The number of ether oxygens (including phenoxy) is 1. The van der Waals surface area contributed by atoms with Crippen LogP contribution >= 0.6 is 11.6 Å². The van der Waals surface area contributed by atoms with Gasteiger partial charge in [-0.25, -0.2) is 0 Å². The van der Waals surface area contributed by atoms with E-state index < -0.39 is 29.7 Å². The van der Waals surface area contributed by atoms with E-state index in [0.717, 1.165) is 11.1 Å². The van der Waals surface area contributed by atoms with Gasteiger partial charge in [-0.3, -0.25) is 9.59 Å². The van der Waals surface area contributed by atoms with Crippen molar-refractivity contribution in [2.24, 2.45) is 5.92 Å². The van der Waals surface area contributed by atoms with Crippen LogP contribution in [0.1, 0.15) is 17.2 Å². The maximum absolute atomic E-state index is 12.2. The number of halogens is 1. The lowest BCUT2D eigenvalue weighted by Crippen LogP contribution is -2.29. The van der Waals surface area contributed by atoms with E-state index in [4.69, 9.17) is 16.3 Å². The highest BCUT2D eigenvalue weighted by atomic mass is 35.5. The molecule has 0 aliphatic carbocycles. The smallest absolute Gasteiger partial charge is 0.324 e. The quantitative estimate of drug-likeness (QED) is 0.339. The van der Waals surface area contributed by atoms with E-state index in [0.29, 0.717) is 0 Å². The molecule has 0 heterocycles. The molecule has 2 aromatic rings. The molecule has 0 spiro atoms. The van der Waals surface area contributed by atoms with Crippen LogP contribution in [-0.4, -0.2) is 23.9 Å². The lowest BCUT2D eigenvalue weighted by molar-refractivity contribution is -0.155. The summed E-state index contributed by atoms with van der Waals surface area (Å²) in [7, 11) is 0. The second-order valence-electron chi connectivity index (χ2n) is 4.85. The Morgan fingerprint density at radius 2 is 1.43 bits per heavy atom. The summed E-state index contributed by atoms with van der Waals surface area (Å²) in [4.78, 5) is 34.8. The molecule has 0 radical (unpaired) electrons. The predicted molar refractivity (Wildman–Crippen MR) is 86.1 cm³/mol. The van der Waals surface area contributed by atoms with Gasteiger partial charge >= 0.3 is 5.97 Å². The summed E-state index contributed by atoms with van der Waals surface area (Å²) < 4.78 is 5.45. The third kappa shape index (κ3) is 4.27. The van der Waals surface area contributed by atoms with E-state index in [1.807, 2.05) is 60.7 Å². The van der Waals surface area contributed by atoms with Crippen molar-refractivity contribution in [3.05, 3.63) is 71.8 Å². The Labute approximate surface area is 139 Å². The minimum absolute atomic E-state index is 0.264. The van der Waals surface area contributed by atoms with Crippen LogP contribution in [0.3, 0.4) is 0 Å². The van der Waals surface area contributed by atoms with Crippen molar-refractivity contribution in [2.45, 2.75) is 6.10 Å². The van der Waals surface area contributed by atoms with Crippen LogP contribution in [0.2, 0.25) is 0 Å². The van der Waals surface area contributed by atoms with E-state index in [1.54, 1.807) is 0 Å². The van der Waals surface area contributed by atoms with Crippen molar-refractivity contribution in [2.75, 3.05) is 5.88 Å². The molecule has 5 heteroatoms. The fraction of sp³-hybridized carbons (Fsp3) is 0.167. The number of hydrogen-bond acceptors (Lipinski definition) is 4. The van der Waals surface area contributed by atoms with Crippen LogP contribution in [0.4, 0.5) is 0 Å². The molecule has 0 aliphatic rings. The Kier molecular flexibility index (Phi) is 6.06. The first kappa shape index (κ1) is 16.9. The van der Waals surface area contributed by atoms with E-state index in [-0.39, 0.29) is 6.29 Å². The van der Waals surface area contributed by atoms with Crippen LogP contribution in [-0.2, 0) is 19.1 Å². The number of benzene rings is 2. The standard InChI is InChI=1S/C18H15ClO4/c19-11-16(21)15(12-20)18(22)23-17(13-7-3-1-4-8-13)14-9-5-2-6-10-14/h1-10,12,15,17H,11H2. The monoisotopic (exact) mass is 330 g/mol. The topological polar surface area (TPSA) is 60.4 Å². The summed E-state index contributed by atoms with van der Waals surface area (Å²) in [5.74, 6) is -3.49. The molecule has 23 heavy (non-hydrogen) atoms. The van der Waals surface area contributed by atoms with Gasteiger partial charge in [0, 0.05) is 0 Å². The largest absolute Gasteiger partial charge is 0.452 e. The van der Waals surface area contributed by atoms with Gasteiger partial charge in [0.2, 0.25) is 0 Å². The highest BCUT2D eigenvalue weighted by Crippen LogP contribution is 2.26. The molecule has 0 aromatic heterocycles. The van der Waals surface area contributed by atoms with E-state index in [1.165, 1.54) is 0 Å². The van der Waals surface area contributed by atoms with Gasteiger partial charge < -0.3 is 9.53 Å². The number of ketones is 1. The fourth-order valence-corrected chi connectivity index (χ4v) is 2.29. The number of Topliss-reactive ketones (excluding diaryl/α,β-unsaturated/α-hetero) is 1. The fourth-order valence-electron chi connectivity index (χ4n) is 2.12. The molecule has 1 unspecified atom stereocenters. The molecular formula is C18H15ClO4. The van der Waals surface area contributed by atoms with Gasteiger partial charge in [0.05, 0.1) is 5.88 Å². The highest BCUT2D eigenvalue weighted by molar-refractivity contribution is 6.31. The number of esters is 1. The lowest BCUT2D eigenvalue weighted by Gasteiger charge is -2.20. The zero-order valence-corrected chi connectivity index (χ0v) is 13.0. The van der Waals surface area contributed by atoms with Crippen molar-refractivity contribution in [3.63, 3.8) is 0 Å². The second kappa shape index (κ2) is 8.25. The Bertz CT molecular complexity index is 630. The van der Waals surface area contributed by atoms with Crippen LogP contribution in [0, 0.1) is 5.92 Å². The first-order chi connectivity index (χ1) is 11.2. The maximum atomic E-state index is 12.2. The maximum Gasteiger partial charge on any atom is 0.324 e. The number of alkyl halides is 1. The van der Waals surface area contributed by atoms with Gasteiger partial charge in [-0.15, -0.1) is 11.6 Å². The van der Waals surface area contributed by atoms with Crippen LogP contribution in [0.5, 0.6) is 0 Å². The van der Waals surface area contributed by atoms with Crippen molar-refractivity contribution < 1.29 is 19.1 Å². The number of aldehydes is 1. The third-order valence-electron chi connectivity index (χ3n) is 3.31. The van der Waals surface area contributed by atoms with E-state index in [9.17, 15) is 14.4 Å². The third-order valence-corrected chi connectivity index (χ3v) is 3.57. The van der Waals surface area contributed by atoms with Gasteiger partial charge in [-0.1, -0.05) is 60.7 Å². The number of hydrogen-bond donors (Lipinski definition) is 0. The van der Waals surface area contributed by atoms with Crippen molar-refractivity contribution >= 4 is 29.6 Å². The van der Waals surface area contributed by atoms with Crippen molar-refractivity contribution in [3.8, 4) is 0 Å². The summed E-state index contributed by atoms with van der Waals surface area (Å²) in [5, 5.41) is 0. The summed E-state index contributed by atoms with van der Waals surface area (Å²) in [6.07, 6.45) is -0.435. The lowest BCUT2D eigenvalue weighted by atomic mass is 10.0. The summed E-state index contributed by atoms with van der Waals surface area (Å²) >= 11 is 5.42. The predicted octanol–water partition coefficient (Wildman–Crippen LogP) is 2.94. The molecule has 0 amide bonds. The summed E-state index contributed by atoms with van der Waals surface area (Å²) in [5.41, 5.74) is 1.49. The Hall–Kier alpha value is -2.46. The first-order valence-corrected chi connectivity index (χ1v) is 7.55. The normalized spacial score (nSPS) is 11.7. The van der Waals surface area contributed by atoms with Gasteiger partial charge in [0.25, 0.3) is 0 Å². The number of rotatable bonds is 7. The molecule has 0 aliphatic heterocycles. The molecule has 0 saturated carbocycles. The average molecular weight is 331 g/mol. The van der Waals surface area contributed by atoms with E-state index in [2.05, 4.69) is 0 Å². The molecule has 2 rings (SSSR count). The van der Waals surface area contributed by atoms with Crippen molar-refractivity contribution in [1.82, 2.24) is 0 Å². The van der Waals surface area contributed by atoms with Crippen LogP contribution in [0.25, 0.3) is 0 Å². The summed E-state index contributed by atoms with van der Waals surface area (Å²) in [6, 6.07) is 18.2. The number of carbonyl (C=O) groups is 3.